The minimum atomic E-state index is 0.395. The molecule has 3 rings (SSSR count). The van der Waals surface area contributed by atoms with Gasteiger partial charge in [-0.3, -0.25) is 0 Å². The zero-order valence-electron chi connectivity index (χ0n) is 12.0. The Balaban J connectivity index is 1.68. The van der Waals surface area contributed by atoms with Crippen molar-refractivity contribution < 1.29 is 4.74 Å². The zero-order valence-corrected chi connectivity index (χ0v) is 12.0. The third kappa shape index (κ3) is 3.01. The smallest absolute Gasteiger partial charge is 0.0731 e. The van der Waals surface area contributed by atoms with Crippen molar-refractivity contribution >= 4 is 0 Å². The predicted molar refractivity (Wildman–Crippen MR) is 78.6 cm³/mol. The average molecular weight is 259 g/mol. The monoisotopic (exact) mass is 259 g/mol. The van der Waals surface area contributed by atoms with E-state index >= 15 is 0 Å². The highest BCUT2D eigenvalue weighted by atomic mass is 16.5. The van der Waals surface area contributed by atoms with E-state index < -0.39 is 0 Å². The van der Waals surface area contributed by atoms with Crippen molar-refractivity contribution in [2.45, 2.75) is 57.1 Å². The molecule has 2 nitrogen and oxygen atoms in total. The van der Waals surface area contributed by atoms with Crippen molar-refractivity contribution in [2.75, 3.05) is 13.7 Å². The Kier molecular flexibility index (Phi) is 4.19. The van der Waals surface area contributed by atoms with Crippen molar-refractivity contribution in [2.24, 2.45) is 0 Å². The number of fused-ring (bicyclic) bond motifs is 1. The first-order chi connectivity index (χ1) is 9.36. The van der Waals surface area contributed by atoms with Gasteiger partial charge in [-0.25, -0.2) is 0 Å². The molecule has 1 heterocycles. The number of likely N-dealkylation sites (N-methyl/N-ethyl adjacent to an activating group) is 1. The van der Waals surface area contributed by atoms with Crippen LogP contribution in [0, 0.1) is 0 Å². The molecule has 1 aromatic rings. The number of rotatable bonds is 4. The normalized spacial score (nSPS) is 24.2. The molecule has 1 N–H and O–H groups in total. The second-order valence-electron chi connectivity index (χ2n) is 5.96. The van der Waals surface area contributed by atoms with Gasteiger partial charge in [0.15, 0.2) is 0 Å². The molecule has 19 heavy (non-hydrogen) atoms. The van der Waals surface area contributed by atoms with Gasteiger partial charge >= 0.3 is 0 Å². The molecule has 104 valence electrons. The molecule has 0 bridgehead atoms. The van der Waals surface area contributed by atoms with Crippen molar-refractivity contribution in [3.05, 3.63) is 34.9 Å². The molecule has 0 radical (unpaired) electrons. The first-order valence-corrected chi connectivity index (χ1v) is 7.76. The van der Waals surface area contributed by atoms with Crippen molar-refractivity contribution in [1.82, 2.24) is 5.32 Å². The summed E-state index contributed by atoms with van der Waals surface area (Å²) in [6.45, 7) is 0.938. The van der Waals surface area contributed by atoms with Crippen LogP contribution in [0.2, 0.25) is 0 Å². The van der Waals surface area contributed by atoms with Gasteiger partial charge in [0.1, 0.15) is 0 Å². The lowest BCUT2D eigenvalue weighted by atomic mass is 9.94. The second kappa shape index (κ2) is 6.06. The van der Waals surface area contributed by atoms with Crippen molar-refractivity contribution in [3.63, 3.8) is 0 Å². The first kappa shape index (κ1) is 13.1. The molecule has 0 saturated carbocycles. The number of hydrogen-bond donors (Lipinski definition) is 1. The summed E-state index contributed by atoms with van der Waals surface area (Å²) in [5.74, 6) is 0. The molecule has 2 heteroatoms. The Morgan fingerprint density at radius 1 is 1.21 bits per heavy atom. The summed E-state index contributed by atoms with van der Waals surface area (Å²) < 4.78 is 5.93. The lowest BCUT2D eigenvalue weighted by Gasteiger charge is -2.30. The third-order valence-electron chi connectivity index (χ3n) is 4.65. The van der Waals surface area contributed by atoms with E-state index in [1.807, 2.05) is 0 Å². The number of benzene rings is 1. The van der Waals surface area contributed by atoms with Crippen LogP contribution >= 0.6 is 0 Å². The van der Waals surface area contributed by atoms with Gasteiger partial charge in [-0.1, -0.05) is 18.2 Å². The summed E-state index contributed by atoms with van der Waals surface area (Å²) in [5.41, 5.74) is 4.62. The molecule has 1 aliphatic heterocycles. The number of ether oxygens (including phenoxy) is 1. The van der Waals surface area contributed by atoms with Crippen LogP contribution in [0.1, 0.15) is 42.4 Å². The highest BCUT2D eigenvalue weighted by Crippen LogP contribution is 2.24. The van der Waals surface area contributed by atoms with E-state index in [4.69, 9.17) is 4.74 Å². The molecule has 2 unspecified atom stereocenters. The van der Waals surface area contributed by atoms with Crippen LogP contribution < -0.4 is 5.32 Å². The van der Waals surface area contributed by atoms with Gasteiger partial charge in [0, 0.05) is 12.6 Å². The fourth-order valence-electron chi connectivity index (χ4n) is 3.51. The Bertz CT molecular complexity index is 423. The van der Waals surface area contributed by atoms with E-state index in [0.29, 0.717) is 12.1 Å². The van der Waals surface area contributed by atoms with Gasteiger partial charge in [0.05, 0.1) is 6.10 Å². The largest absolute Gasteiger partial charge is 0.377 e. The average Bonchev–Trinajstić information content (AvgIpc) is 2.93. The molecule has 0 aromatic heterocycles. The fraction of sp³-hybridized carbons (Fsp3) is 0.647. The quantitative estimate of drug-likeness (QED) is 0.897. The van der Waals surface area contributed by atoms with E-state index in [0.717, 1.165) is 13.0 Å². The van der Waals surface area contributed by atoms with Crippen LogP contribution in [0.25, 0.3) is 0 Å². The van der Waals surface area contributed by atoms with Crippen LogP contribution in [0.4, 0.5) is 0 Å². The molecule has 1 fully saturated rings. The molecule has 0 amide bonds. The maximum absolute atomic E-state index is 5.93. The fourth-order valence-corrected chi connectivity index (χ4v) is 3.51. The summed E-state index contributed by atoms with van der Waals surface area (Å²) >= 11 is 0. The van der Waals surface area contributed by atoms with E-state index in [9.17, 15) is 0 Å². The van der Waals surface area contributed by atoms with E-state index in [1.165, 1.54) is 44.1 Å². The maximum Gasteiger partial charge on any atom is 0.0731 e. The van der Waals surface area contributed by atoms with Gasteiger partial charge < -0.3 is 10.1 Å². The summed E-state index contributed by atoms with van der Waals surface area (Å²) in [5, 5.41) is 3.46. The van der Waals surface area contributed by atoms with E-state index in [-0.39, 0.29) is 0 Å². The predicted octanol–water partition coefficient (Wildman–Crippen LogP) is 2.87. The Hall–Kier alpha value is -0.860. The molecule has 2 atom stereocenters. The molecule has 1 aromatic carbocycles. The highest BCUT2D eigenvalue weighted by molar-refractivity contribution is 5.35. The van der Waals surface area contributed by atoms with Gasteiger partial charge in [-0.05, 0) is 68.7 Å². The molecular weight excluding hydrogens is 234 g/mol. The van der Waals surface area contributed by atoms with Gasteiger partial charge in [0.25, 0.3) is 0 Å². The lowest BCUT2D eigenvalue weighted by molar-refractivity contribution is -0.00587. The second-order valence-corrected chi connectivity index (χ2v) is 5.96. The highest BCUT2D eigenvalue weighted by Gasteiger charge is 2.23. The van der Waals surface area contributed by atoms with Gasteiger partial charge in [-0.15, -0.1) is 0 Å². The topological polar surface area (TPSA) is 21.3 Å². The van der Waals surface area contributed by atoms with Crippen LogP contribution in [-0.4, -0.2) is 25.8 Å². The number of nitrogens with one attached hydrogen (secondary N) is 1. The molecule has 1 saturated heterocycles. The standard InChI is InChI=1S/C17H25NO/c1-18-16(17-7-2-3-10-19-17)12-13-8-9-14-5-4-6-15(14)11-13/h8-9,11,16-18H,2-7,10,12H2,1H3. The van der Waals surface area contributed by atoms with Crippen LogP contribution in [0.5, 0.6) is 0 Å². The van der Waals surface area contributed by atoms with E-state index in [1.54, 1.807) is 11.1 Å². The van der Waals surface area contributed by atoms with Crippen molar-refractivity contribution in [1.29, 1.82) is 0 Å². The molecule has 2 aliphatic rings. The minimum absolute atomic E-state index is 0.395. The lowest BCUT2D eigenvalue weighted by Crippen LogP contribution is -2.42. The molecular formula is C17H25NO. The Labute approximate surface area is 116 Å². The number of hydrogen-bond acceptors (Lipinski definition) is 2. The Morgan fingerprint density at radius 2 is 2.11 bits per heavy atom. The third-order valence-corrected chi connectivity index (χ3v) is 4.65. The van der Waals surface area contributed by atoms with Crippen LogP contribution in [0.15, 0.2) is 18.2 Å². The maximum atomic E-state index is 5.93. The Morgan fingerprint density at radius 3 is 2.89 bits per heavy atom. The van der Waals surface area contributed by atoms with Gasteiger partial charge in [0.2, 0.25) is 0 Å². The van der Waals surface area contributed by atoms with Crippen molar-refractivity contribution in [3.8, 4) is 0 Å². The summed E-state index contributed by atoms with van der Waals surface area (Å²) in [6, 6.07) is 7.54. The number of aryl methyl sites for hydroxylation is 2. The summed E-state index contributed by atoms with van der Waals surface area (Å²) in [6.07, 6.45) is 9.11. The molecule has 0 spiro atoms. The summed E-state index contributed by atoms with van der Waals surface area (Å²) in [4.78, 5) is 0. The van der Waals surface area contributed by atoms with E-state index in [2.05, 4.69) is 30.6 Å². The molecule has 1 aliphatic carbocycles. The van der Waals surface area contributed by atoms with Crippen LogP contribution in [-0.2, 0) is 24.0 Å². The first-order valence-electron chi connectivity index (χ1n) is 7.76. The minimum Gasteiger partial charge on any atom is -0.377 e. The summed E-state index contributed by atoms with van der Waals surface area (Å²) in [7, 11) is 2.07. The SMILES string of the molecule is CNC(Cc1ccc2c(c1)CCC2)C1CCCCO1. The van der Waals surface area contributed by atoms with Gasteiger partial charge in [-0.2, -0.15) is 0 Å². The zero-order chi connectivity index (χ0) is 13.1. The van der Waals surface area contributed by atoms with Crippen LogP contribution in [0.3, 0.4) is 0 Å².